The molecule has 1 aliphatic rings. The molecule has 1 saturated heterocycles. The molecule has 1 aliphatic heterocycles. The average Bonchev–Trinajstić information content (AvgIpc) is 2.66. The molecular weight excluding hydrogens is 301 g/mol. The zero-order chi connectivity index (χ0) is 16.8. The number of carbonyl (C=O) groups is 2. The molecule has 3 amide bonds. The number of ether oxygens (including phenoxy) is 1. The molecule has 0 saturated carbocycles. The Hall–Kier alpha value is -2.31. The number of amides is 3. The van der Waals surface area contributed by atoms with Crippen LogP contribution in [-0.2, 0) is 4.79 Å². The number of halogens is 1. The number of rotatable bonds is 4. The van der Waals surface area contributed by atoms with E-state index in [1.54, 1.807) is 6.07 Å². The van der Waals surface area contributed by atoms with Crippen molar-refractivity contribution in [3.63, 3.8) is 0 Å². The topological polar surface area (TPSA) is 79.5 Å². The molecule has 1 fully saturated rings. The lowest BCUT2D eigenvalue weighted by atomic mass is 10.1. The lowest BCUT2D eigenvalue weighted by molar-refractivity contribution is -0.122. The maximum atomic E-state index is 14.0. The van der Waals surface area contributed by atoms with Gasteiger partial charge >= 0.3 is 6.03 Å². The maximum Gasteiger partial charge on any atom is 0.319 e. The van der Waals surface area contributed by atoms with Gasteiger partial charge < -0.3 is 20.7 Å². The molecule has 7 heteroatoms. The van der Waals surface area contributed by atoms with Gasteiger partial charge in [0.25, 0.3) is 0 Å². The SMILES string of the molecule is CC(C)Oc1ccc(NC(=O)N[C@H]2CCCCNC2=O)c(F)c1. The Bertz CT molecular complexity index is 578. The van der Waals surface area contributed by atoms with Crippen LogP contribution in [0.25, 0.3) is 0 Å². The maximum absolute atomic E-state index is 14.0. The molecule has 0 aromatic heterocycles. The summed E-state index contributed by atoms with van der Waals surface area (Å²) < 4.78 is 19.4. The summed E-state index contributed by atoms with van der Waals surface area (Å²) in [4.78, 5) is 23.7. The fraction of sp³-hybridized carbons (Fsp3) is 0.500. The third kappa shape index (κ3) is 5.12. The van der Waals surface area contributed by atoms with E-state index in [2.05, 4.69) is 16.0 Å². The Morgan fingerprint density at radius 3 is 2.87 bits per heavy atom. The van der Waals surface area contributed by atoms with E-state index in [1.807, 2.05) is 13.8 Å². The van der Waals surface area contributed by atoms with E-state index in [0.717, 1.165) is 12.8 Å². The van der Waals surface area contributed by atoms with Crippen molar-refractivity contribution in [3.05, 3.63) is 24.0 Å². The van der Waals surface area contributed by atoms with Gasteiger partial charge in [-0.25, -0.2) is 9.18 Å². The van der Waals surface area contributed by atoms with Crippen LogP contribution in [0.5, 0.6) is 5.75 Å². The molecule has 6 nitrogen and oxygen atoms in total. The predicted octanol–water partition coefficient (Wildman–Crippen LogP) is 2.40. The lowest BCUT2D eigenvalue weighted by Gasteiger charge is -2.16. The highest BCUT2D eigenvalue weighted by atomic mass is 19.1. The van der Waals surface area contributed by atoms with Crippen molar-refractivity contribution in [1.29, 1.82) is 0 Å². The largest absolute Gasteiger partial charge is 0.491 e. The van der Waals surface area contributed by atoms with Crippen LogP contribution in [0.3, 0.4) is 0 Å². The van der Waals surface area contributed by atoms with Crippen LogP contribution in [0.2, 0.25) is 0 Å². The standard InChI is InChI=1S/C16H22FN3O3/c1-10(2)23-11-6-7-13(12(17)9-11)19-16(22)20-14-5-3-4-8-18-15(14)21/h6-7,9-10,14H,3-5,8H2,1-2H3,(H,18,21)(H2,19,20,22)/t14-/m0/s1. The third-order valence-electron chi connectivity index (χ3n) is 3.40. The van der Waals surface area contributed by atoms with Gasteiger partial charge in [-0.2, -0.15) is 0 Å². The minimum absolute atomic E-state index is 0.0348. The smallest absolute Gasteiger partial charge is 0.319 e. The van der Waals surface area contributed by atoms with Crippen LogP contribution >= 0.6 is 0 Å². The molecule has 0 unspecified atom stereocenters. The first-order valence-electron chi connectivity index (χ1n) is 7.77. The summed E-state index contributed by atoms with van der Waals surface area (Å²) >= 11 is 0. The second-order valence-corrected chi connectivity index (χ2v) is 5.75. The zero-order valence-corrected chi connectivity index (χ0v) is 13.3. The van der Waals surface area contributed by atoms with E-state index in [1.165, 1.54) is 12.1 Å². The minimum Gasteiger partial charge on any atom is -0.491 e. The number of hydrogen-bond donors (Lipinski definition) is 3. The molecule has 0 bridgehead atoms. The second-order valence-electron chi connectivity index (χ2n) is 5.75. The Morgan fingerprint density at radius 1 is 1.39 bits per heavy atom. The van der Waals surface area contributed by atoms with Gasteiger partial charge in [-0.15, -0.1) is 0 Å². The quantitative estimate of drug-likeness (QED) is 0.796. The summed E-state index contributed by atoms with van der Waals surface area (Å²) in [5.41, 5.74) is 0.0348. The summed E-state index contributed by atoms with van der Waals surface area (Å²) in [6.07, 6.45) is 2.24. The van der Waals surface area contributed by atoms with Crippen molar-refractivity contribution in [2.24, 2.45) is 0 Å². The van der Waals surface area contributed by atoms with Crippen LogP contribution in [0, 0.1) is 5.82 Å². The summed E-state index contributed by atoms with van der Waals surface area (Å²) in [6, 6.07) is 3.03. The summed E-state index contributed by atoms with van der Waals surface area (Å²) in [7, 11) is 0. The normalized spacial score (nSPS) is 18.1. The van der Waals surface area contributed by atoms with Crippen molar-refractivity contribution in [1.82, 2.24) is 10.6 Å². The average molecular weight is 323 g/mol. The van der Waals surface area contributed by atoms with Gasteiger partial charge in [-0.3, -0.25) is 4.79 Å². The second kappa shape index (κ2) is 7.80. The molecule has 1 atom stereocenters. The predicted molar refractivity (Wildman–Crippen MR) is 85.0 cm³/mol. The molecule has 23 heavy (non-hydrogen) atoms. The Kier molecular flexibility index (Phi) is 5.78. The Morgan fingerprint density at radius 2 is 2.17 bits per heavy atom. The van der Waals surface area contributed by atoms with Gasteiger partial charge in [0.15, 0.2) is 0 Å². The first-order chi connectivity index (χ1) is 11.0. The first-order valence-corrected chi connectivity index (χ1v) is 7.77. The van der Waals surface area contributed by atoms with Crippen molar-refractivity contribution in [2.75, 3.05) is 11.9 Å². The molecule has 1 heterocycles. The Labute approximate surface area is 134 Å². The van der Waals surface area contributed by atoms with Gasteiger partial charge in [0.05, 0.1) is 11.8 Å². The summed E-state index contributed by atoms with van der Waals surface area (Å²) in [5.74, 6) is -0.408. The number of anilines is 1. The molecule has 0 aliphatic carbocycles. The molecule has 126 valence electrons. The monoisotopic (exact) mass is 323 g/mol. The number of nitrogens with one attached hydrogen (secondary N) is 3. The van der Waals surface area contributed by atoms with E-state index in [0.29, 0.717) is 18.7 Å². The zero-order valence-electron chi connectivity index (χ0n) is 13.3. The number of urea groups is 1. The molecule has 1 aromatic rings. The van der Waals surface area contributed by atoms with Crippen LogP contribution in [-0.4, -0.2) is 30.6 Å². The molecular formula is C16H22FN3O3. The Balaban J connectivity index is 1.95. The lowest BCUT2D eigenvalue weighted by Crippen LogP contribution is -2.47. The van der Waals surface area contributed by atoms with E-state index in [4.69, 9.17) is 4.74 Å². The van der Waals surface area contributed by atoms with Crippen molar-refractivity contribution < 1.29 is 18.7 Å². The first kappa shape index (κ1) is 17.1. The van der Waals surface area contributed by atoms with E-state index in [-0.39, 0.29) is 17.7 Å². The van der Waals surface area contributed by atoms with Crippen LogP contribution < -0.4 is 20.7 Å². The third-order valence-corrected chi connectivity index (χ3v) is 3.40. The highest BCUT2D eigenvalue weighted by molar-refractivity contribution is 5.93. The highest BCUT2D eigenvalue weighted by Crippen LogP contribution is 2.21. The van der Waals surface area contributed by atoms with Gasteiger partial charge in [0, 0.05) is 12.6 Å². The molecule has 0 radical (unpaired) electrons. The fourth-order valence-electron chi connectivity index (χ4n) is 2.34. The van der Waals surface area contributed by atoms with Crippen LogP contribution in [0.1, 0.15) is 33.1 Å². The van der Waals surface area contributed by atoms with Crippen LogP contribution in [0.4, 0.5) is 14.9 Å². The van der Waals surface area contributed by atoms with E-state index >= 15 is 0 Å². The number of hydrogen-bond acceptors (Lipinski definition) is 3. The number of carbonyl (C=O) groups excluding carboxylic acids is 2. The van der Waals surface area contributed by atoms with E-state index in [9.17, 15) is 14.0 Å². The fourth-order valence-corrected chi connectivity index (χ4v) is 2.34. The van der Waals surface area contributed by atoms with Crippen molar-refractivity contribution in [3.8, 4) is 5.75 Å². The number of benzene rings is 1. The summed E-state index contributed by atoms with van der Waals surface area (Å²) in [6.45, 7) is 4.30. The molecule has 3 N–H and O–H groups in total. The van der Waals surface area contributed by atoms with Gasteiger partial charge in [0.2, 0.25) is 5.91 Å². The van der Waals surface area contributed by atoms with E-state index < -0.39 is 17.9 Å². The molecule has 1 aromatic carbocycles. The van der Waals surface area contributed by atoms with Crippen molar-refractivity contribution >= 4 is 17.6 Å². The van der Waals surface area contributed by atoms with Gasteiger partial charge in [-0.05, 0) is 45.2 Å². The molecule has 0 spiro atoms. The minimum atomic E-state index is -0.608. The van der Waals surface area contributed by atoms with Crippen molar-refractivity contribution in [2.45, 2.75) is 45.3 Å². The molecule has 2 rings (SSSR count). The van der Waals surface area contributed by atoms with Gasteiger partial charge in [-0.1, -0.05) is 0 Å². The van der Waals surface area contributed by atoms with Gasteiger partial charge in [0.1, 0.15) is 17.6 Å². The van der Waals surface area contributed by atoms with Crippen LogP contribution in [0.15, 0.2) is 18.2 Å². The highest BCUT2D eigenvalue weighted by Gasteiger charge is 2.22. The summed E-state index contributed by atoms with van der Waals surface area (Å²) in [5, 5.41) is 7.72.